The molecule has 2 nitrogen and oxygen atoms in total. The van der Waals surface area contributed by atoms with Gasteiger partial charge in [0, 0.05) is 17.9 Å². The maximum absolute atomic E-state index is 11.0. The molecule has 1 heterocycles. The summed E-state index contributed by atoms with van der Waals surface area (Å²) in [5.74, 6) is 0.915. The molecule has 0 N–H and O–H groups in total. The number of hydrogen-bond donors (Lipinski definition) is 0. The predicted molar refractivity (Wildman–Crippen MR) is 48.3 cm³/mol. The summed E-state index contributed by atoms with van der Waals surface area (Å²) in [5, 5.41) is 0. The standard InChI is InChI=1S/C11H16O2/c12-7-9-8-3-6-13-10(8)11(9)4-1-2-5-11/h7-10H,1-6H2/t8-,9-,10+/m1/s1. The lowest BCUT2D eigenvalue weighted by Crippen LogP contribution is -2.58. The van der Waals surface area contributed by atoms with Gasteiger partial charge in [0.15, 0.2) is 0 Å². The van der Waals surface area contributed by atoms with Gasteiger partial charge in [-0.15, -0.1) is 0 Å². The SMILES string of the molecule is O=C[C@@H]1[C@H]2CCO[C@@H]2C12CCCC2. The highest BCUT2D eigenvalue weighted by atomic mass is 16.5. The van der Waals surface area contributed by atoms with E-state index in [4.69, 9.17) is 4.74 Å². The zero-order chi connectivity index (χ0) is 8.89. The molecule has 0 aromatic rings. The molecule has 3 rings (SSSR count). The molecule has 1 saturated heterocycles. The van der Waals surface area contributed by atoms with Gasteiger partial charge in [-0.3, -0.25) is 0 Å². The largest absolute Gasteiger partial charge is 0.377 e. The molecule has 0 aromatic carbocycles. The van der Waals surface area contributed by atoms with Gasteiger partial charge in [0.05, 0.1) is 6.10 Å². The predicted octanol–water partition coefficient (Wildman–Crippen LogP) is 1.78. The van der Waals surface area contributed by atoms with Gasteiger partial charge in [0.1, 0.15) is 6.29 Å². The number of hydrogen-bond acceptors (Lipinski definition) is 2. The van der Waals surface area contributed by atoms with Crippen LogP contribution in [0.3, 0.4) is 0 Å². The number of rotatable bonds is 1. The lowest BCUT2D eigenvalue weighted by molar-refractivity contribution is -0.163. The van der Waals surface area contributed by atoms with Crippen molar-refractivity contribution in [2.75, 3.05) is 6.61 Å². The lowest BCUT2D eigenvalue weighted by Gasteiger charge is -2.54. The van der Waals surface area contributed by atoms with Crippen molar-refractivity contribution in [1.82, 2.24) is 0 Å². The third kappa shape index (κ3) is 0.804. The highest BCUT2D eigenvalue weighted by Crippen LogP contribution is 2.63. The summed E-state index contributed by atoms with van der Waals surface area (Å²) in [4.78, 5) is 11.0. The molecule has 13 heavy (non-hydrogen) atoms. The minimum atomic E-state index is 0.295. The molecule has 0 aromatic heterocycles. The van der Waals surface area contributed by atoms with Crippen LogP contribution in [-0.2, 0) is 9.53 Å². The summed E-state index contributed by atoms with van der Waals surface area (Å²) in [7, 11) is 0. The van der Waals surface area contributed by atoms with Gasteiger partial charge in [-0.1, -0.05) is 12.8 Å². The van der Waals surface area contributed by atoms with Crippen LogP contribution in [0.4, 0.5) is 0 Å². The molecule has 3 atom stereocenters. The Kier molecular flexibility index (Phi) is 1.58. The third-order valence-electron chi connectivity index (χ3n) is 4.51. The van der Waals surface area contributed by atoms with E-state index in [-0.39, 0.29) is 0 Å². The van der Waals surface area contributed by atoms with Crippen LogP contribution < -0.4 is 0 Å². The van der Waals surface area contributed by atoms with Gasteiger partial charge < -0.3 is 9.53 Å². The fraction of sp³-hybridized carbons (Fsp3) is 0.909. The summed E-state index contributed by atoms with van der Waals surface area (Å²) in [5.41, 5.74) is 0.295. The Morgan fingerprint density at radius 2 is 2.08 bits per heavy atom. The molecule has 0 bridgehead atoms. The first-order chi connectivity index (χ1) is 6.38. The van der Waals surface area contributed by atoms with E-state index < -0.39 is 0 Å². The van der Waals surface area contributed by atoms with Crippen molar-refractivity contribution in [2.24, 2.45) is 17.3 Å². The molecule has 2 aliphatic carbocycles. The quantitative estimate of drug-likeness (QED) is 0.575. The average molecular weight is 180 g/mol. The van der Waals surface area contributed by atoms with Crippen molar-refractivity contribution in [1.29, 1.82) is 0 Å². The van der Waals surface area contributed by atoms with E-state index in [0.717, 1.165) is 13.0 Å². The minimum Gasteiger partial charge on any atom is -0.377 e. The van der Waals surface area contributed by atoms with Crippen molar-refractivity contribution in [2.45, 2.75) is 38.2 Å². The van der Waals surface area contributed by atoms with E-state index >= 15 is 0 Å². The lowest BCUT2D eigenvalue weighted by atomic mass is 9.51. The molecule has 72 valence electrons. The van der Waals surface area contributed by atoms with Crippen molar-refractivity contribution in [3.8, 4) is 0 Å². The van der Waals surface area contributed by atoms with Crippen LogP contribution in [0.25, 0.3) is 0 Å². The van der Waals surface area contributed by atoms with Crippen molar-refractivity contribution >= 4 is 6.29 Å². The van der Waals surface area contributed by atoms with Gasteiger partial charge in [-0.05, 0) is 25.2 Å². The number of aldehydes is 1. The molecule has 1 spiro atoms. The van der Waals surface area contributed by atoms with Gasteiger partial charge in [-0.25, -0.2) is 0 Å². The summed E-state index contributed by atoms with van der Waals surface area (Å²) < 4.78 is 5.76. The first-order valence-electron chi connectivity index (χ1n) is 5.45. The van der Waals surface area contributed by atoms with Crippen LogP contribution in [0.2, 0.25) is 0 Å². The molecular formula is C11H16O2. The second-order valence-corrected chi connectivity index (χ2v) is 4.85. The van der Waals surface area contributed by atoms with Gasteiger partial charge in [-0.2, -0.15) is 0 Å². The second kappa shape index (κ2) is 2.57. The maximum atomic E-state index is 11.0. The fourth-order valence-corrected chi connectivity index (χ4v) is 3.95. The summed E-state index contributed by atoms with van der Waals surface area (Å²) in [6.07, 6.45) is 7.85. The summed E-state index contributed by atoms with van der Waals surface area (Å²) >= 11 is 0. The number of carbonyl (C=O) groups excluding carboxylic acids is 1. The third-order valence-corrected chi connectivity index (χ3v) is 4.51. The normalized spacial score (nSPS) is 46.0. The first-order valence-corrected chi connectivity index (χ1v) is 5.45. The Balaban J connectivity index is 1.89. The highest BCUT2D eigenvalue weighted by molar-refractivity contribution is 5.59. The van der Waals surface area contributed by atoms with Crippen LogP contribution in [-0.4, -0.2) is 19.0 Å². The van der Waals surface area contributed by atoms with Crippen molar-refractivity contribution in [3.63, 3.8) is 0 Å². The van der Waals surface area contributed by atoms with Crippen LogP contribution in [0.5, 0.6) is 0 Å². The summed E-state index contributed by atoms with van der Waals surface area (Å²) in [6.45, 7) is 0.890. The Morgan fingerprint density at radius 3 is 2.77 bits per heavy atom. The van der Waals surface area contributed by atoms with E-state index in [1.807, 2.05) is 0 Å². The van der Waals surface area contributed by atoms with Crippen molar-refractivity contribution in [3.05, 3.63) is 0 Å². The first kappa shape index (κ1) is 7.98. The Hall–Kier alpha value is -0.370. The molecule has 0 radical (unpaired) electrons. The van der Waals surface area contributed by atoms with Gasteiger partial charge >= 0.3 is 0 Å². The van der Waals surface area contributed by atoms with E-state index in [1.54, 1.807) is 0 Å². The van der Waals surface area contributed by atoms with Crippen LogP contribution in [0.15, 0.2) is 0 Å². The van der Waals surface area contributed by atoms with E-state index in [2.05, 4.69) is 0 Å². The monoisotopic (exact) mass is 180 g/mol. The van der Waals surface area contributed by atoms with E-state index in [1.165, 1.54) is 32.0 Å². The zero-order valence-electron chi connectivity index (χ0n) is 7.87. The van der Waals surface area contributed by atoms with Crippen LogP contribution in [0, 0.1) is 17.3 Å². The molecule has 2 saturated carbocycles. The number of fused-ring (bicyclic) bond motifs is 2. The van der Waals surface area contributed by atoms with Crippen molar-refractivity contribution < 1.29 is 9.53 Å². The molecular weight excluding hydrogens is 164 g/mol. The number of ether oxygens (including phenoxy) is 1. The maximum Gasteiger partial charge on any atom is 0.124 e. The Morgan fingerprint density at radius 1 is 1.31 bits per heavy atom. The minimum absolute atomic E-state index is 0.295. The molecule has 3 aliphatic rings. The van der Waals surface area contributed by atoms with Crippen LogP contribution in [0.1, 0.15) is 32.1 Å². The van der Waals surface area contributed by atoms with E-state index in [9.17, 15) is 4.79 Å². The molecule has 0 amide bonds. The fourth-order valence-electron chi connectivity index (χ4n) is 3.95. The van der Waals surface area contributed by atoms with Crippen LogP contribution >= 0.6 is 0 Å². The smallest absolute Gasteiger partial charge is 0.124 e. The topological polar surface area (TPSA) is 26.3 Å². The average Bonchev–Trinajstić information content (AvgIpc) is 2.69. The molecule has 0 unspecified atom stereocenters. The van der Waals surface area contributed by atoms with E-state index in [0.29, 0.717) is 23.4 Å². The van der Waals surface area contributed by atoms with Gasteiger partial charge in [0.2, 0.25) is 0 Å². The zero-order valence-corrected chi connectivity index (χ0v) is 7.87. The Labute approximate surface area is 78.6 Å². The summed E-state index contributed by atoms with van der Waals surface area (Å²) in [6, 6.07) is 0. The highest BCUT2D eigenvalue weighted by Gasteiger charge is 2.64. The number of carbonyl (C=O) groups is 1. The molecule has 2 heteroatoms. The molecule has 1 aliphatic heterocycles. The van der Waals surface area contributed by atoms with Gasteiger partial charge in [0.25, 0.3) is 0 Å². The second-order valence-electron chi connectivity index (χ2n) is 4.85. The molecule has 3 fully saturated rings. The Bertz CT molecular complexity index is 230.